The standard InChI is InChI=1S/C59H72N10O18/c60-59(61)64-19-6-10-43-54(77)65-34-50(73)66-46(33-51(74)75)57(80)69-45(29-35-7-2-1-3-8-35)56(79)68-44(55(78)67-43)9-4-5-18-62-49(72)17-21-83-23-25-85-27-28-86-26-24-84-22-20-63-53(76)36-11-14-39(58(81)82)42(30-36)52-40-15-12-37(70)31-47(40)87-48-32-38(71)13-16-41(48)52/h1-3,7-8,11-16,30-32,43-46,70H,4-6,9-10,17-29,33-34H2,(H,62,72)(H,63,76)(H,65,77)(H,66,73)(H,67,78)(H,68,79)(H,69,80)(H,74,75)(H,81,82)(H4,60,61,64)/t43-,44-,45+,46-/m0/s1. The fourth-order valence-corrected chi connectivity index (χ4v) is 9.15. The molecule has 2 heterocycles. The Balaban J connectivity index is 0.871. The van der Waals surface area contributed by atoms with Crippen LogP contribution in [0.5, 0.6) is 5.75 Å². The number of carboxylic acid groups (broad SMARTS) is 2. The summed E-state index contributed by atoms with van der Waals surface area (Å²) in [6.45, 7) is 1.52. The Morgan fingerprint density at radius 1 is 0.621 bits per heavy atom. The summed E-state index contributed by atoms with van der Waals surface area (Å²) in [7, 11) is 0. The van der Waals surface area contributed by atoms with E-state index in [1.807, 2.05) is 0 Å². The van der Waals surface area contributed by atoms with Crippen molar-refractivity contribution >= 4 is 70.2 Å². The van der Waals surface area contributed by atoms with E-state index in [0.717, 1.165) is 0 Å². The van der Waals surface area contributed by atoms with Crippen molar-refractivity contribution in [2.45, 2.75) is 75.5 Å². The summed E-state index contributed by atoms with van der Waals surface area (Å²) in [5.74, 6) is -7.91. The van der Waals surface area contributed by atoms with Crippen molar-refractivity contribution < 1.29 is 81.8 Å². The Kier molecular flexibility index (Phi) is 26.4. The van der Waals surface area contributed by atoms with E-state index in [0.29, 0.717) is 34.9 Å². The molecule has 466 valence electrons. The molecule has 0 saturated carbocycles. The maximum absolute atomic E-state index is 14.0. The third-order valence-corrected chi connectivity index (χ3v) is 13.4. The van der Waals surface area contributed by atoms with E-state index < -0.39 is 84.5 Å². The minimum atomic E-state index is -1.63. The Morgan fingerprint density at radius 3 is 1.94 bits per heavy atom. The first-order valence-corrected chi connectivity index (χ1v) is 28.1. The lowest BCUT2D eigenvalue weighted by Crippen LogP contribution is -2.58. The van der Waals surface area contributed by atoms with Gasteiger partial charge in [-0.25, -0.2) is 4.79 Å². The van der Waals surface area contributed by atoms with Gasteiger partial charge in [-0.15, -0.1) is 0 Å². The SMILES string of the molecule is N=C(N)NCCC[C@@H]1NC(=O)[C@H](CCCCNC(=O)CCOCCOCCOCCOCCNC(=O)c2ccc(C(=O)O)c(-c3c4ccc(=O)cc-4oc4cc(O)ccc34)c2)NC(=O)[C@@H](Cc2ccccc2)NC(=O)[C@H](CC(=O)O)NC(=O)CNC1=O. The fraction of sp³-hybridized carbons (Fsp3) is 0.407. The quantitative estimate of drug-likeness (QED) is 0.0124. The van der Waals surface area contributed by atoms with Gasteiger partial charge < -0.3 is 87.0 Å². The van der Waals surface area contributed by atoms with E-state index in [9.17, 15) is 63.3 Å². The molecular weight excluding hydrogens is 1140 g/mol. The molecule has 0 radical (unpaired) electrons. The summed E-state index contributed by atoms with van der Waals surface area (Å²) in [6, 6.07) is 15.7. The normalized spacial score (nSPS) is 16.7. The second kappa shape index (κ2) is 34.4. The number of carbonyl (C=O) groups excluding carboxylic acids is 7. The van der Waals surface area contributed by atoms with E-state index >= 15 is 0 Å². The fourth-order valence-electron chi connectivity index (χ4n) is 9.15. The van der Waals surface area contributed by atoms with Crippen LogP contribution in [0, 0.1) is 5.41 Å². The molecule has 6 rings (SSSR count). The van der Waals surface area contributed by atoms with Crippen molar-refractivity contribution in [3.05, 3.63) is 112 Å². The summed E-state index contributed by atoms with van der Waals surface area (Å²) < 4.78 is 28.1. The van der Waals surface area contributed by atoms with E-state index in [4.69, 9.17) is 34.5 Å². The van der Waals surface area contributed by atoms with E-state index in [1.165, 1.54) is 48.5 Å². The number of hydrogen-bond acceptors (Lipinski definition) is 17. The number of fused-ring (bicyclic) bond motifs is 2. The van der Waals surface area contributed by atoms with Crippen LogP contribution in [-0.2, 0) is 58.9 Å². The number of phenolic OH excluding ortho intramolecular Hbond substituents is 1. The number of aromatic hydroxyl groups is 1. The largest absolute Gasteiger partial charge is 0.508 e. The molecule has 1 saturated heterocycles. The summed E-state index contributed by atoms with van der Waals surface area (Å²) in [4.78, 5) is 130. The number of carbonyl (C=O) groups is 9. The number of phenols is 1. The van der Waals surface area contributed by atoms with Crippen molar-refractivity contribution in [3.8, 4) is 28.2 Å². The molecule has 4 atom stereocenters. The number of aromatic carboxylic acids is 1. The van der Waals surface area contributed by atoms with Crippen LogP contribution in [0.2, 0.25) is 0 Å². The van der Waals surface area contributed by atoms with Gasteiger partial charge in [-0.05, 0) is 85.7 Å². The first kappa shape index (κ1) is 66.6. The Morgan fingerprint density at radius 2 is 1.25 bits per heavy atom. The van der Waals surface area contributed by atoms with E-state index in [1.54, 1.807) is 36.4 Å². The number of nitrogens with two attached hydrogens (primary N) is 1. The van der Waals surface area contributed by atoms with Crippen molar-refractivity contribution in [3.63, 3.8) is 0 Å². The number of benzene rings is 4. The first-order valence-electron chi connectivity index (χ1n) is 28.1. The third-order valence-electron chi connectivity index (χ3n) is 13.4. The van der Waals surface area contributed by atoms with Gasteiger partial charge in [-0.3, -0.25) is 48.6 Å². The minimum absolute atomic E-state index is 0.0144. The summed E-state index contributed by atoms with van der Waals surface area (Å²) >= 11 is 0. The zero-order chi connectivity index (χ0) is 62.7. The molecule has 7 amide bonds. The zero-order valence-electron chi connectivity index (χ0n) is 47.6. The number of amides is 7. The predicted octanol–water partition coefficient (Wildman–Crippen LogP) is 0.491. The van der Waals surface area contributed by atoms with Crippen molar-refractivity contribution in [1.29, 1.82) is 5.41 Å². The van der Waals surface area contributed by atoms with Crippen LogP contribution in [0.15, 0.2) is 94.1 Å². The van der Waals surface area contributed by atoms with E-state index in [2.05, 4.69) is 42.5 Å². The van der Waals surface area contributed by atoms with Gasteiger partial charge in [-0.1, -0.05) is 30.3 Å². The van der Waals surface area contributed by atoms with Gasteiger partial charge in [0.05, 0.1) is 71.4 Å². The zero-order valence-corrected chi connectivity index (χ0v) is 47.6. The highest BCUT2D eigenvalue weighted by Crippen LogP contribution is 2.42. The highest BCUT2D eigenvalue weighted by Gasteiger charge is 2.33. The molecule has 87 heavy (non-hydrogen) atoms. The van der Waals surface area contributed by atoms with Crippen LogP contribution in [0.4, 0.5) is 0 Å². The highest BCUT2D eigenvalue weighted by molar-refractivity contribution is 6.09. The Hall–Kier alpha value is -9.51. The van der Waals surface area contributed by atoms with Gasteiger partial charge in [0, 0.05) is 66.7 Å². The molecule has 2 aliphatic heterocycles. The molecule has 0 spiro atoms. The molecule has 3 aliphatic rings. The Bertz CT molecular complexity index is 3250. The van der Waals surface area contributed by atoms with Crippen LogP contribution in [0.3, 0.4) is 0 Å². The number of guanidine groups is 1. The van der Waals surface area contributed by atoms with Crippen LogP contribution in [0.1, 0.15) is 71.2 Å². The maximum atomic E-state index is 14.0. The minimum Gasteiger partial charge on any atom is -0.508 e. The summed E-state index contributed by atoms with van der Waals surface area (Å²) in [5.41, 5.74) is 7.01. The van der Waals surface area contributed by atoms with Crippen LogP contribution in [0.25, 0.3) is 33.4 Å². The maximum Gasteiger partial charge on any atom is 0.336 e. The number of ether oxygens (including phenoxy) is 4. The monoisotopic (exact) mass is 1210 g/mol. The molecule has 28 heteroatoms. The van der Waals surface area contributed by atoms with Gasteiger partial charge in [0.2, 0.25) is 35.4 Å². The van der Waals surface area contributed by atoms with Crippen LogP contribution >= 0.6 is 0 Å². The molecule has 3 aromatic rings. The third kappa shape index (κ3) is 21.8. The number of aliphatic carboxylic acids is 1. The Labute approximate surface area is 498 Å². The number of rotatable bonds is 31. The average Bonchev–Trinajstić information content (AvgIpc) is 0.824. The van der Waals surface area contributed by atoms with Gasteiger partial charge in [0.15, 0.2) is 11.4 Å². The topological polar surface area (TPSA) is 428 Å². The molecule has 3 aromatic carbocycles. The summed E-state index contributed by atoms with van der Waals surface area (Å²) in [6.07, 6.45) is 0.0620. The second-order valence-corrected chi connectivity index (χ2v) is 20.0. The van der Waals surface area contributed by atoms with Gasteiger partial charge in [0.1, 0.15) is 41.3 Å². The molecule has 1 aliphatic carbocycles. The first-order chi connectivity index (χ1) is 41.9. The number of hydrogen-bond donors (Lipinski definition) is 13. The van der Waals surface area contributed by atoms with Crippen LogP contribution < -0.4 is 53.7 Å². The lowest BCUT2D eigenvalue weighted by atomic mass is 9.89. The van der Waals surface area contributed by atoms with Gasteiger partial charge >= 0.3 is 11.9 Å². The number of unbranched alkanes of at least 4 members (excludes halogenated alkanes) is 1. The van der Waals surface area contributed by atoms with Crippen LogP contribution in [-0.4, -0.2) is 178 Å². The van der Waals surface area contributed by atoms with Crippen molar-refractivity contribution in [2.75, 3.05) is 79.0 Å². The molecule has 0 aromatic heterocycles. The lowest BCUT2D eigenvalue weighted by molar-refractivity contribution is -0.141. The molecule has 14 N–H and O–H groups in total. The molecule has 28 nitrogen and oxygen atoms in total. The molecule has 0 bridgehead atoms. The summed E-state index contributed by atoms with van der Waals surface area (Å²) in [5, 5.41) is 58.4. The van der Waals surface area contributed by atoms with Gasteiger partial charge in [-0.2, -0.15) is 0 Å². The van der Waals surface area contributed by atoms with Gasteiger partial charge in [0.25, 0.3) is 5.91 Å². The predicted molar refractivity (Wildman–Crippen MR) is 313 cm³/mol. The number of carboxylic acids is 2. The highest BCUT2D eigenvalue weighted by atomic mass is 16.6. The average molecular weight is 1210 g/mol. The van der Waals surface area contributed by atoms with E-state index in [-0.39, 0.29) is 156 Å². The smallest absolute Gasteiger partial charge is 0.336 e. The van der Waals surface area contributed by atoms with Crippen molar-refractivity contribution in [2.24, 2.45) is 5.73 Å². The number of nitrogens with one attached hydrogen (secondary N) is 9. The second-order valence-electron chi connectivity index (χ2n) is 20.0. The molecule has 1 fully saturated rings. The molecule has 0 unspecified atom stereocenters. The van der Waals surface area contributed by atoms with Crippen molar-refractivity contribution in [1.82, 2.24) is 42.5 Å². The molecular formula is C59H72N10O18. The lowest BCUT2D eigenvalue weighted by Gasteiger charge is -2.26.